The lowest BCUT2D eigenvalue weighted by Gasteiger charge is -2.14. The SMILES string of the molecule is O=C(C[C@H]1NC(=O)c2ccccc21)N[C@H]1N=Nc2ccc(Br)cc21. The van der Waals surface area contributed by atoms with E-state index in [0.717, 1.165) is 21.3 Å². The third-order valence-corrected chi connectivity index (χ3v) is 4.63. The zero-order chi connectivity index (χ0) is 16.7. The van der Waals surface area contributed by atoms with Crippen LogP contribution in [-0.4, -0.2) is 11.8 Å². The van der Waals surface area contributed by atoms with Gasteiger partial charge in [-0.3, -0.25) is 9.59 Å². The van der Waals surface area contributed by atoms with Crippen molar-refractivity contribution in [3.05, 3.63) is 63.6 Å². The average Bonchev–Trinajstić information content (AvgIpc) is 3.10. The Bertz CT molecular complexity index is 881. The molecule has 2 aromatic rings. The molecule has 0 bridgehead atoms. The summed E-state index contributed by atoms with van der Waals surface area (Å²) in [5, 5.41) is 13.9. The number of benzene rings is 2. The Morgan fingerprint density at radius 3 is 2.92 bits per heavy atom. The molecular weight excluding hydrogens is 372 g/mol. The number of nitrogens with zero attached hydrogens (tertiary/aromatic N) is 2. The van der Waals surface area contributed by atoms with E-state index in [-0.39, 0.29) is 24.3 Å². The first-order valence-electron chi connectivity index (χ1n) is 7.51. The molecule has 0 aliphatic carbocycles. The Hall–Kier alpha value is -2.54. The van der Waals surface area contributed by atoms with Gasteiger partial charge in [0.05, 0.1) is 18.2 Å². The van der Waals surface area contributed by atoms with E-state index in [4.69, 9.17) is 0 Å². The topological polar surface area (TPSA) is 82.9 Å². The third kappa shape index (κ3) is 2.60. The molecular formula is C17H13BrN4O2. The molecule has 0 saturated heterocycles. The fourth-order valence-electron chi connectivity index (χ4n) is 3.00. The zero-order valence-electron chi connectivity index (χ0n) is 12.5. The van der Waals surface area contributed by atoms with Crippen LogP contribution < -0.4 is 10.6 Å². The van der Waals surface area contributed by atoms with Crippen LogP contribution in [0.15, 0.2) is 57.2 Å². The highest BCUT2D eigenvalue weighted by Crippen LogP contribution is 2.36. The van der Waals surface area contributed by atoms with Crippen molar-refractivity contribution in [1.82, 2.24) is 10.6 Å². The van der Waals surface area contributed by atoms with Crippen LogP contribution in [0.4, 0.5) is 5.69 Å². The fourth-order valence-corrected chi connectivity index (χ4v) is 3.38. The Balaban J connectivity index is 1.47. The lowest BCUT2D eigenvalue weighted by atomic mass is 10.0. The molecule has 2 aliphatic heterocycles. The van der Waals surface area contributed by atoms with Crippen molar-refractivity contribution in [2.45, 2.75) is 18.6 Å². The number of amides is 2. The maximum absolute atomic E-state index is 12.4. The summed E-state index contributed by atoms with van der Waals surface area (Å²) in [6, 6.07) is 12.6. The van der Waals surface area contributed by atoms with Gasteiger partial charge in [-0.05, 0) is 29.8 Å². The molecule has 2 N–H and O–H groups in total. The summed E-state index contributed by atoms with van der Waals surface area (Å²) in [5.74, 6) is -0.327. The number of nitrogens with one attached hydrogen (secondary N) is 2. The average molecular weight is 385 g/mol. The molecule has 4 rings (SSSR count). The van der Waals surface area contributed by atoms with Gasteiger partial charge in [-0.2, -0.15) is 10.2 Å². The summed E-state index contributed by atoms with van der Waals surface area (Å²) >= 11 is 3.41. The summed E-state index contributed by atoms with van der Waals surface area (Å²) < 4.78 is 0.907. The maximum atomic E-state index is 12.4. The Kier molecular flexibility index (Phi) is 3.65. The van der Waals surface area contributed by atoms with E-state index >= 15 is 0 Å². The predicted octanol–water partition coefficient (Wildman–Crippen LogP) is 3.54. The lowest BCUT2D eigenvalue weighted by molar-refractivity contribution is -0.122. The van der Waals surface area contributed by atoms with Crippen molar-refractivity contribution < 1.29 is 9.59 Å². The van der Waals surface area contributed by atoms with Crippen molar-refractivity contribution in [2.75, 3.05) is 0 Å². The number of azo groups is 1. The summed E-state index contributed by atoms with van der Waals surface area (Å²) in [6.07, 6.45) is -0.324. The van der Waals surface area contributed by atoms with E-state index in [0.29, 0.717) is 5.56 Å². The molecule has 7 heteroatoms. The summed E-state index contributed by atoms with van der Waals surface area (Å²) in [6.45, 7) is 0. The van der Waals surface area contributed by atoms with Crippen molar-refractivity contribution in [3.63, 3.8) is 0 Å². The van der Waals surface area contributed by atoms with Gasteiger partial charge in [0.25, 0.3) is 5.91 Å². The molecule has 2 amide bonds. The lowest BCUT2D eigenvalue weighted by Crippen LogP contribution is -2.30. The molecule has 6 nitrogen and oxygen atoms in total. The fraction of sp³-hybridized carbons (Fsp3) is 0.176. The quantitative estimate of drug-likeness (QED) is 0.847. The van der Waals surface area contributed by atoms with E-state index in [1.54, 1.807) is 6.07 Å². The molecule has 2 heterocycles. The summed E-state index contributed by atoms with van der Waals surface area (Å²) in [4.78, 5) is 24.3. The standard InChI is InChI=1S/C17H13BrN4O2/c18-9-5-6-13-12(7-9)16(22-21-13)20-15(23)8-14-10-3-1-2-4-11(10)17(24)19-14/h1-7,14,16H,8H2,(H,19,24)(H,20,23)/t14-,16+/m1/s1. The van der Waals surface area contributed by atoms with E-state index < -0.39 is 6.17 Å². The molecule has 0 aromatic heterocycles. The number of rotatable bonds is 3. The first kappa shape index (κ1) is 15.0. The van der Waals surface area contributed by atoms with E-state index in [1.165, 1.54) is 0 Å². The van der Waals surface area contributed by atoms with Gasteiger partial charge in [-0.25, -0.2) is 0 Å². The summed E-state index contributed by atoms with van der Waals surface area (Å²) in [5.41, 5.74) is 3.09. The highest BCUT2D eigenvalue weighted by molar-refractivity contribution is 9.10. The van der Waals surface area contributed by atoms with Crippen LogP contribution >= 0.6 is 15.9 Å². The second kappa shape index (κ2) is 5.83. The van der Waals surface area contributed by atoms with Crippen LogP contribution in [0, 0.1) is 0 Å². The third-order valence-electron chi connectivity index (χ3n) is 4.14. The molecule has 0 saturated carbocycles. The predicted molar refractivity (Wildman–Crippen MR) is 90.8 cm³/mol. The number of carbonyl (C=O) groups excluding carboxylic acids is 2. The monoisotopic (exact) mass is 384 g/mol. The van der Waals surface area contributed by atoms with Crippen molar-refractivity contribution in [1.29, 1.82) is 0 Å². The highest BCUT2D eigenvalue weighted by atomic mass is 79.9. The van der Waals surface area contributed by atoms with Gasteiger partial charge in [0.15, 0.2) is 6.17 Å². The number of halogens is 1. The second-order valence-corrected chi connectivity index (χ2v) is 6.62. The number of hydrogen-bond donors (Lipinski definition) is 2. The number of fused-ring (bicyclic) bond motifs is 2. The van der Waals surface area contributed by atoms with Gasteiger partial charge in [-0.1, -0.05) is 34.1 Å². The van der Waals surface area contributed by atoms with Gasteiger partial charge in [-0.15, -0.1) is 0 Å². The molecule has 0 spiro atoms. The summed E-state index contributed by atoms with van der Waals surface area (Å²) in [7, 11) is 0. The van der Waals surface area contributed by atoms with Crippen LogP contribution in [0.1, 0.15) is 40.1 Å². The Labute approximate surface area is 146 Å². The zero-order valence-corrected chi connectivity index (χ0v) is 14.1. The van der Waals surface area contributed by atoms with Gasteiger partial charge in [0.2, 0.25) is 5.91 Å². The second-order valence-electron chi connectivity index (χ2n) is 5.71. The molecule has 24 heavy (non-hydrogen) atoms. The number of carbonyl (C=O) groups is 2. The van der Waals surface area contributed by atoms with Crippen molar-refractivity contribution in [3.8, 4) is 0 Å². The minimum absolute atomic E-state index is 0.141. The molecule has 0 unspecified atom stereocenters. The molecule has 120 valence electrons. The largest absolute Gasteiger partial charge is 0.345 e. The highest BCUT2D eigenvalue weighted by Gasteiger charge is 2.31. The Morgan fingerprint density at radius 1 is 1.21 bits per heavy atom. The van der Waals surface area contributed by atoms with Crippen LogP contribution in [-0.2, 0) is 4.79 Å². The van der Waals surface area contributed by atoms with E-state index in [1.807, 2.05) is 36.4 Å². The maximum Gasteiger partial charge on any atom is 0.252 e. The van der Waals surface area contributed by atoms with Crippen LogP contribution in [0.25, 0.3) is 0 Å². The molecule has 2 aliphatic rings. The van der Waals surface area contributed by atoms with Gasteiger partial charge < -0.3 is 10.6 Å². The molecule has 0 radical (unpaired) electrons. The van der Waals surface area contributed by atoms with Gasteiger partial charge >= 0.3 is 0 Å². The molecule has 0 fully saturated rings. The Morgan fingerprint density at radius 2 is 2.04 bits per heavy atom. The van der Waals surface area contributed by atoms with E-state index in [9.17, 15) is 9.59 Å². The molecule has 2 aromatic carbocycles. The molecule has 2 atom stereocenters. The van der Waals surface area contributed by atoms with Crippen LogP contribution in [0.3, 0.4) is 0 Å². The van der Waals surface area contributed by atoms with Crippen LogP contribution in [0.5, 0.6) is 0 Å². The first-order chi connectivity index (χ1) is 11.6. The van der Waals surface area contributed by atoms with Crippen LogP contribution in [0.2, 0.25) is 0 Å². The number of hydrogen-bond acceptors (Lipinski definition) is 4. The van der Waals surface area contributed by atoms with Gasteiger partial charge in [0.1, 0.15) is 0 Å². The minimum atomic E-state index is -0.489. The minimum Gasteiger partial charge on any atom is -0.345 e. The normalized spacial score (nSPS) is 20.5. The smallest absolute Gasteiger partial charge is 0.252 e. The van der Waals surface area contributed by atoms with Crippen molar-refractivity contribution >= 4 is 33.4 Å². The first-order valence-corrected chi connectivity index (χ1v) is 8.30. The van der Waals surface area contributed by atoms with Crippen molar-refractivity contribution in [2.24, 2.45) is 10.2 Å². The van der Waals surface area contributed by atoms with E-state index in [2.05, 4.69) is 36.8 Å². The van der Waals surface area contributed by atoms with Gasteiger partial charge in [0, 0.05) is 15.6 Å².